The van der Waals surface area contributed by atoms with Crippen LogP contribution in [0, 0.1) is 5.82 Å². The lowest BCUT2D eigenvalue weighted by molar-refractivity contribution is 0.0515. The predicted molar refractivity (Wildman–Crippen MR) is 60.2 cm³/mol. The summed E-state index contributed by atoms with van der Waals surface area (Å²) < 4.78 is 13.3. The Morgan fingerprint density at radius 3 is 2.73 bits per heavy atom. The van der Waals surface area contributed by atoms with Gasteiger partial charge in [-0.05, 0) is 31.4 Å². The van der Waals surface area contributed by atoms with Crippen LogP contribution in [0.15, 0.2) is 36.9 Å². The van der Waals surface area contributed by atoms with Gasteiger partial charge in [-0.15, -0.1) is 6.58 Å². The summed E-state index contributed by atoms with van der Waals surface area (Å²) in [6.45, 7) is 5.33. The van der Waals surface area contributed by atoms with Crippen LogP contribution in [0.2, 0.25) is 0 Å². The van der Waals surface area contributed by atoms with E-state index in [1.54, 1.807) is 31.2 Å². The third-order valence-corrected chi connectivity index (χ3v) is 2.42. The molecule has 1 N–H and O–H groups in total. The average Bonchev–Trinajstić information content (AvgIpc) is 2.18. The fourth-order valence-electron chi connectivity index (χ4n) is 1.55. The summed E-state index contributed by atoms with van der Waals surface area (Å²) in [6, 6.07) is 6.55. The van der Waals surface area contributed by atoms with Crippen molar-refractivity contribution < 1.29 is 9.50 Å². The maximum absolute atomic E-state index is 13.3. The van der Waals surface area contributed by atoms with Gasteiger partial charge in [-0.2, -0.15) is 0 Å². The van der Waals surface area contributed by atoms with Gasteiger partial charge in [0.05, 0.1) is 5.60 Å². The van der Waals surface area contributed by atoms with Crippen molar-refractivity contribution in [3.63, 3.8) is 0 Å². The first-order chi connectivity index (χ1) is 7.05. The lowest BCUT2D eigenvalue weighted by atomic mass is 9.92. The Kier molecular flexibility index (Phi) is 4.04. The highest BCUT2D eigenvalue weighted by Crippen LogP contribution is 2.20. The number of rotatable bonds is 5. The summed E-state index contributed by atoms with van der Waals surface area (Å²) >= 11 is 0. The Morgan fingerprint density at radius 1 is 1.47 bits per heavy atom. The second-order valence-electron chi connectivity index (χ2n) is 4.09. The number of allylic oxidation sites excluding steroid dienone is 1. The molecule has 0 aliphatic rings. The van der Waals surface area contributed by atoms with Crippen LogP contribution < -0.4 is 0 Å². The predicted octanol–water partition coefficient (Wildman–Crippen LogP) is 3.09. The lowest BCUT2D eigenvalue weighted by Gasteiger charge is -2.22. The normalized spacial score (nSPS) is 14.6. The van der Waals surface area contributed by atoms with Crippen molar-refractivity contribution >= 4 is 0 Å². The van der Waals surface area contributed by atoms with Gasteiger partial charge in [0.2, 0.25) is 0 Å². The van der Waals surface area contributed by atoms with Gasteiger partial charge in [-0.25, -0.2) is 4.39 Å². The molecule has 0 radical (unpaired) electrons. The number of benzene rings is 1. The summed E-state index contributed by atoms with van der Waals surface area (Å²) in [5.74, 6) is -0.253. The van der Waals surface area contributed by atoms with Gasteiger partial charge in [0, 0.05) is 6.42 Å². The van der Waals surface area contributed by atoms with Crippen LogP contribution in [-0.2, 0) is 6.42 Å². The summed E-state index contributed by atoms with van der Waals surface area (Å²) in [6.07, 6.45) is 3.44. The van der Waals surface area contributed by atoms with Crippen molar-refractivity contribution in [2.24, 2.45) is 0 Å². The number of hydrogen-bond acceptors (Lipinski definition) is 1. The second-order valence-corrected chi connectivity index (χ2v) is 4.09. The number of aliphatic hydroxyl groups is 1. The van der Waals surface area contributed by atoms with E-state index in [0.29, 0.717) is 18.4 Å². The molecule has 15 heavy (non-hydrogen) atoms. The molecule has 0 aromatic heterocycles. The molecule has 0 saturated carbocycles. The highest BCUT2D eigenvalue weighted by Gasteiger charge is 2.21. The van der Waals surface area contributed by atoms with Gasteiger partial charge in [-0.1, -0.05) is 24.3 Å². The van der Waals surface area contributed by atoms with Gasteiger partial charge < -0.3 is 5.11 Å². The van der Waals surface area contributed by atoms with Crippen molar-refractivity contribution in [2.45, 2.75) is 31.8 Å². The minimum absolute atomic E-state index is 0.253. The maximum atomic E-state index is 13.3. The Hall–Kier alpha value is -1.15. The molecule has 0 amide bonds. The summed E-state index contributed by atoms with van der Waals surface area (Å²) in [5.41, 5.74) is -0.303. The van der Waals surface area contributed by atoms with Crippen LogP contribution >= 0.6 is 0 Å². The number of halogens is 1. The second kappa shape index (κ2) is 5.08. The summed E-state index contributed by atoms with van der Waals surface area (Å²) in [4.78, 5) is 0. The largest absolute Gasteiger partial charge is 0.390 e. The molecule has 1 rings (SSSR count). The van der Waals surface area contributed by atoms with E-state index < -0.39 is 5.60 Å². The van der Waals surface area contributed by atoms with E-state index in [-0.39, 0.29) is 5.82 Å². The van der Waals surface area contributed by atoms with Crippen LogP contribution in [0.3, 0.4) is 0 Å². The van der Waals surface area contributed by atoms with Crippen LogP contribution in [0.25, 0.3) is 0 Å². The Bertz CT molecular complexity index is 331. The molecule has 0 heterocycles. The monoisotopic (exact) mass is 208 g/mol. The van der Waals surface area contributed by atoms with Crippen molar-refractivity contribution in [1.29, 1.82) is 0 Å². The minimum atomic E-state index is -0.865. The third-order valence-electron chi connectivity index (χ3n) is 2.42. The Labute approximate surface area is 90.3 Å². The molecule has 2 heteroatoms. The molecule has 1 atom stereocenters. The van der Waals surface area contributed by atoms with Gasteiger partial charge in [0.1, 0.15) is 5.82 Å². The zero-order chi connectivity index (χ0) is 11.3. The fraction of sp³-hybridized carbons (Fsp3) is 0.385. The first kappa shape index (κ1) is 11.9. The average molecular weight is 208 g/mol. The first-order valence-electron chi connectivity index (χ1n) is 5.12. The van der Waals surface area contributed by atoms with E-state index in [4.69, 9.17) is 0 Å². The van der Waals surface area contributed by atoms with E-state index in [1.807, 2.05) is 0 Å². The molecule has 82 valence electrons. The van der Waals surface area contributed by atoms with Crippen molar-refractivity contribution in [2.75, 3.05) is 0 Å². The maximum Gasteiger partial charge on any atom is 0.126 e. The molecule has 1 aromatic carbocycles. The molecule has 0 bridgehead atoms. The molecule has 0 aliphatic carbocycles. The third kappa shape index (κ3) is 3.84. The van der Waals surface area contributed by atoms with Gasteiger partial charge in [-0.3, -0.25) is 0 Å². The summed E-state index contributed by atoms with van der Waals surface area (Å²) in [7, 11) is 0. The quantitative estimate of drug-likeness (QED) is 0.737. The van der Waals surface area contributed by atoms with E-state index in [0.717, 1.165) is 6.42 Å². The molecular formula is C13H17FO. The van der Waals surface area contributed by atoms with Gasteiger partial charge in [0.15, 0.2) is 0 Å². The smallest absolute Gasteiger partial charge is 0.126 e. The van der Waals surface area contributed by atoms with Crippen molar-refractivity contribution in [3.8, 4) is 0 Å². The molecule has 1 aromatic rings. The minimum Gasteiger partial charge on any atom is -0.390 e. The van der Waals surface area contributed by atoms with Crippen LogP contribution in [0.4, 0.5) is 4.39 Å². The highest BCUT2D eigenvalue weighted by molar-refractivity contribution is 5.19. The molecule has 0 saturated heterocycles. The zero-order valence-corrected chi connectivity index (χ0v) is 9.04. The highest BCUT2D eigenvalue weighted by atomic mass is 19.1. The summed E-state index contributed by atoms with van der Waals surface area (Å²) in [5, 5.41) is 10.0. The fourth-order valence-corrected chi connectivity index (χ4v) is 1.55. The van der Waals surface area contributed by atoms with Crippen LogP contribution in [-0.4, -0.2) is 10.7 Å². The van der Waals surface area contributed by atoms with Crippen LogP contribution in [0.5, 0.6) is 0 Å². The van der Waals surface area contributed by atoms with E-state index >= 15 is 0 Å². The van der Waals surface area contributed by atoms with Crippen molar-refractivity contribution in [3.05, 3.63) is 48.3 Å². The van der Waals surface area contributed by atoms with E-state index in [1.165, 1.54) is 6.07 Å². The van der Waals surface area contributed by atoms with E-state index in [9.17, 15) is 9.50 Å². The van der Waals surface area contributed by atoms with Gasteiger partial charge >= 0.3 is 0 Å². The Balaban J connectivity index is 2.68. The Morgan fingerprint density at radius 2 is 2.13 bits per heavy atom. The molecule has 0 spiro atoms. The molecule has 0 aliphatic heterocycles. The van der Waals surface area contributed by atoms with Crippen LogP contribution in [0.1, 0.15) is 25.3 Å². The lowest BCUT2D eigenvalue weighted by Crippen LogP contribution is -2.27. The van der Waals surface area contributed by atoms with Crippen molar-refractivity contribution in [1.82, 2.24) is 0 Å². The van der Waals surface area contributed by atoms with E-state index in [2.05, 4.69) is 6.58 Å². The molecule has 1 nitrogen and oxygen atoms in total. The molecule has 0 fully saturated rings. The molecular weight excluding hydrogens is 191 g/mol. The zero-order valence-electron chi connectivity index (χ0n) is 9.04. The molecule has 1 unspecified atom stereocenters. The number of hydrogen-bond donors (Lipinski definition) is 1. The standard InChI is InChI=1S/C13H17FO/c1-3-4-9-13(2,15)10-11-7-5-6-8-12(11)14/h3,5-8,15H,1,4,9-10H2,2H3. The SMILES string of the molecule is C=CCCC(C)(O)Cc1ccccc1F. The first-order valence-corrected chi connectivity index (χ1v) is 5.12. The topological polar surface area (TPSA) is 20.2 Å². The van der Waals surface area contributed by atoms with Gasteiger partial charge in [0.25, 0.3) is 0 Å².